The number of carbonyl (C=O) groups is 1. The number of aliphatic carboxylic acids is 1. The molecule has 0 saturated carbocycles. The van der Waals surface area contributed by atoms with Crippen molar-refractivity contribution in [3.63, 3.8) is 0 Å². The van der Waals surface area contributed by atoms with Gasteiger partial charge in [0.05, 0.1) is 0 Å². The van der Waals surface area contributed by atoms with Crippen LogP contribution in [-0.2, 0) is 21.5 Å². The lowest BCUT2D eigenvalue weighted by atomic mass is 10.1. The first kappa shape index (κ1) is 15.6. The van der Waals surface area contributed by atoms with Crippen LogP contribution in [-0.4, -0.2) is 36.4 Å². The molecule has 7 heteroatoms. The first-order valence-corrected chi connectivity index (χ1v) is 7.12. The fourth-order valence-corrected chi connectivity index (χ4v) is 2.58. The fraction of sp³-hybridized carbons (Fsp3) is 0.417. The molecule has 0 aliphatic rings. The Morgan fingerprint density at radius 3 is 2.32 bits per heavy atom. The van der Waals surface area contributed by atoms with E-state index in [1.807, 2.05) is 18.2 Å². The van der Waals surface area contributed by atoms with Gasteiger partial charge >= 0.3 is 5.97 Å². The fourth-order valence-electron chi connectivity index (χ4n) is 1.37. The first-order valence-electron chi connectivity index (χ1n) is 5.68. The second-order valence-electron chi connectivity index (χ2n) is 4.78. The predicted octanol–water partition coefficient (Wildman–Crippen LogP) is 0.816. The van der Waals surface area contributed by atoms with Crippen LogP contribution in [0.3, 0.4) is 0 Å². The zero-order valence-corrected chi connectivity index (χ0v) is 11.9. The van der Waals surface area contributed by atoms with Crippen LogP contribution in [0.4, 0.5) is 0 Å². The molecule has 1 aromatic rings. The third-order valence-electron chi connectivity index (χ3n) is 2.58. The summed E-state index contributed by atoms with van der Waals surface area (Å²) in [5.41, 5.74) is -0.729. The van der Waals surface area contributed by atoms with Crippen molar-refractivity contribution in [2.24, 2.45) is 0 Å². The molecule has 1 rings (SSSR count). The Kier molecular flexibility index (Phi) is 4.67. The average Bonchev–Trinajstić information content (AvgIpc) is 2.28. The number of carboxylic acid groups (broad SMARTS) is 1. The molecular weight excluding hydrogens is 268 g/mol. The van der Waals surface area contributed by atoms with Crippen LogP contribution in [0.25, 0.3) is 0 Å². The van der Waals surface area contributed by atoms with E-state index < -0.39 is 21.7 Å². The number of hydrogen-bond acceptors (Lipinski definition) is 3. The van der Waals surface area contributed by atoms with E-state index in [-0.39, 0.29) is 6.54 Å². The molecule has 0 aromatic heterocycles. The van der Waals surface area contributed by atoms with E-state index >= 15 is 0 Å². The van der Waals surface area contributed by atoms with E-state index in [4.69, 9.17) is 5.11 Å². The van der Waals surface area contributed by atoms with Gasteiger partial charge in [0.15, 0.2) is 0 Å². The summed E-state index contributed by atoms with van der Waals surface area (Å²) >= 11 is 0. The quantitative estimate of drug-likeness (QED) is 0.810. The molecule has 0 spiro atoms. The van der Waals surface area contributed by atoms with E-state index in [1.165, 1.54) is 20.9 Å². The molecule has 0 bridgehead atoms. The summed E-state index contributed by atoms with van der Waals surface area (Å²) in [6.07, 6.45) is 0. The molecule has 2 N–H and O–H groups in total. The maximum Gasteiger partial charge on any atom is 0.324 e. The van der Waals surface area contributed by atoms with Gasteiger partial charge in [0.25, 0.3) is 10.2 Å². The Morgan fingerprint density at radius 1 is 1.32 bits per heavy atom. The van der Waals surface area contributed by atoms with Gasteiger partial charge in [-0.2, -0.15) is 17.4 Å². The van der Waals surface area contributed by atoms with E-state index in [0.29, 0.717) is 0 Å². The predicted molar refractivity (Wildman–Crippen MR) is 71.7 cm³/mol. The van der Waals surface area contributed by atoms with Crippen LogP contribution in [0.1, 0.15) is 19.4 Å². The Hall–Kier alpha value is -1.44. The van der Waals surface area contributed by atoms with Crippen LogP contribution >= 0.6 is 0 Å². The minimum Gasteiger partial charge on any atom is -0.480 e. The number of rotatable bonds is 6. The molecule has 1 aromatic carbocycles. The van der Waals surface area contributed by atoms with Gasteiger partial charge in [0.2, 0.25) is 0 Å². The maximum absolute atomic E-state index is 12.0. The maximum atomic E-state index is 12.0. The first-order chi connectivity index (χ1) is 8.65. The summed E-state index contributed by atoms with van der Waals surface area (Å²) < 4.78 is 27.2. The molecule has 19 heavy (non-hydrogen) atoms. The van der Waals surface area contributed by atoms with Crippen molar-refractivity contribution in [1.82, 2.24) is 9.03 Å². The zero-order chi connectivity index (χ0) is 14.7. The summed E-state index contributed by atoms with van der Waals surface area (Å²) in [7, 11) is -2.46. The monoisotopic (exact) mass is 286 g/mol. The Bertz CT molecular complexity index is 540. The molecule has 0 heterocycles. The molecule has 6 nitrogen and oxygen atoms in total. The van der Waals surface area contributed by atoms with Crippen LogP contribution < -0.4 is 4.72 Å². The Morgan fingerprint density at radius 2 is 1.84 bits per heavy atom. The SMILES string of the molecule is CN(Cc1ccccc1)S(=O)(=O)NC(C)(C)C(=O)O. The molecule has 0 amide bonds. The summed E-state index contributed by atoms with van der Waals surface area (Å²) in [5, 5.41) is 8.93. The van der Waals surface area contributed by atoms with Gasteiger partial charge in [0, 0.05) is 13.6 Å². The van der Waals surface area contributed by atoms with Crippen molar-refractivity contribution in [2.45, 2.75) is 25.9 Å². The van der Waals surface area contributed by atoms with Gasteiger partial charge in [-0.1, -0.05) is 30.3 Å². The summed E-state index contributed by atoms with van der Waals surface area (Å²) in [5.74, 6) is -1.23. The molecule has 0 aliphatic heterocycles. The molecule has 0 atom stereocenters. The Balaban J connectivity index is 2.81. The molecule has 0 unspecified atom stereocenters. The highest BCUT2D eigenvalue weighted by Gasteiger charge is 2.34. The number of hydrogen-bond donors (Lipinski definition) is 2. The largest absolute Gasteiger partial charge is 0.480 e. The van der Waals surface area contributed by atoms with Crippen molar-refractivity contribution < 1.29 is 18.3 Å². The minimum atomic E-state index is -3.86. The smallest absolute Gasteiger partial charge is 0.324 e. The zero-order valence-electron chi connectivity index (χ0n) is 11.1. The van der Waals surface area contributed by atoms with Crippen LogP contribution in [0.5, 0.6) is 0 Å². The van der Waals surface area contributed by atoms with Gasteiger partial charge in [-0.25, -0.2) is 0 Å². The molecule has 106 valence electrons. The lowest BCUT2D eigenvalue weighted by Gasteiger charge is -2.25. The number of nitrogens with one attached hydrogen (secondary N) is 1. The van der Waals surface area contributed by atoms with Crippen LogP contribution in [0.2, 0.25) is 0 Å². The number of benzene rings is 1. The lowest BCUT2D eigenvalue weighted by Crippen LogP contribution is -2.53. The van der Waals surface area contributed by atoms with Crippen LogP contribution in [0.15, 0.2) is 30.3 Å². The minimum absolute atomic E-state index is 0.172. The van der Waals surface area contributed by atoms with Gasteiger partial charge in [0.1, 0.15) is 5.54 Å². The molecular formula is C12H18N2O4S. The number of nitrogens with zero attached hydrogens (tertiary/aromatic N) is 1. The normalized spacial score (nSPS) is 12.6. The van der Waals surface area contributed by atoms with E-state index in [0.717, 1.165) is 9.87 Å². The van der Waals surface area contributed by atoms with Crippen molar-refractivity contribution in [1.29, 1.82) is 0 Å². The lowest BCUT2D eigenvalue weighted by molar-refractivity contribution is -0.142. The van der Waals surface area contributed by atoms with E-state index in [1.54, 1.807) is 12.1 Å². The summed E-state index contributed by atoms with van der Waals surface area (Å²) in [6.45, 7) is 2.76. The van der Waals surface area contributed by atoms with E-state index in [2.05, 4.69) is 4.72 Å². The third-order valence-corrected chi connectivity index (χ3v) is 4.30. The van der Waals surface area contributed by atoms with Gasteiger partial charge in [-0.15, -0.1) is 0 Å². The average molecular weight is 286 g/mol. The summed E-state index contributed by atoms with van der Waals surface area (Å²) in [6, 6.07) is 9.06. The van der Waals surface area contributed by atoms with Gasteiger partial charge in [-0.3, -0.25) is 4.79 Å². The third kappa shape index (κ3) is 4.30. The second kappa shape index (κ2) is 5.68. The summed E-state index contributed by atoms with van der Waals surface area (Å²) in [4.78, 5) is 10.9. The molecule has 0 saturated heterocycles. The van der Waals surface area contributed by atoms with Crippen molar-refractivity contribution in [2.75, 3.05) is 7.05 Å². The highest BCUT2D eigenvalue weighted by Crippen LogP contribution is 2.10. The van der Waals surface area contributed by atoms with Gasteiger partial charge < -0.3 is 5.11 Å². The van der Waals surface area contributed by atoms with Crippen molar-refractivity contribution in [3.05, 3.63) is 35.9 Å². The highest BCUT2D eigenvalue weighted by molar-refractivity contribution is 7.87. The highest BCUT2D eigenvalue weighted by atomic mass is 32.2. The van der Waals surface area contributed by atoms with Crippen molar-refractivity contribution >= 4 is 16.2 Å². The Labute approximate surface area is 113 Å². The molecule has 0 radical (unpaired) electrons. The standard InChI is InChI=1S/C12H18N2O4S/c1-12(2,11(15)16)13-19(17,18)14(3)9-10-7-5-4-6-8-10/h4-8,13H,9H2,1-3H3,(H,15,16). The van der Waals surface area contributed by atoms with Gasteiger partial charge in [-0.05, 0) is 19.4 Å². The van der Waals surface area contributed by atoms with Crippen molar-refractivity contribution in [3.8, 4) is 0 Å². The second-order valence-corrected chi connectivity index (χ2v) is 6.56. The van der Waals surface area contributed by atoms with Crippen LogP contribution in [0, 0.1) is 0 Å². The number of carboxylic acids is 1. The molecule has 0 aliphatic carbocycles. The molecule has 0 fully saturated rings. The van der Waals surface area contributed by atoms with E-state index in [9.17, 15) is 13.2 Å². The topological polar surface area (TPSA) is 86.7 Å².